The summed E-state index contributed by atoms with van der Waals surface area (Å²) in [6.07, 6.45) is 1.14. The zero-order valence-corrected chi connectivity index (χ0v) is 9.62. The number of aliphatic carboxylic acids is 1. The van der Waals surface area contributed by atoms with Gasteiger partial charge in [-0.25, -0.2) is 4.79 Å². The molecule has 0 heterocycles. The van der Waals surface area contributed by atoms with Crippen molar-refractivity contribution >= 4 is 18.0 Å². The first kappa shape index (κ1) is 13.3. The third-order valence-electron chi connectivity index (χ3n) is 2.59. The van der Waals surface area contributed by atoms with E-state index in [1.165, 1.54) is 0 Å². The Morgan fingerprint density at radius 3 is 2.41 bits per heavy atom. The molecule has 17 heavy (non-hydrogen) atoms. The van der Waals surface area contributed by atoms with Gasteiger partial charge < -0.3 is 20.5 Å². The van der Waals surface area contributed by atoms with Crippen molar-refractivity contribution in [3.05, 3.63) is 0 Å². The van der Waals surface area contributed by atoms with Crippen LogP contribution in [0.5, 0.6) is 0 Å². The third-order valence-corrected chi connectivity index (χ3v) is 2.59. The summed E-state index contributed by atoms with van der Waals surface area (Å²) in [5.41, 5.74) is -0.804. The number of carbonyl (C=O) groups is 3. The van der Waals surface area contributed by atoms with Gasteiger partial charge in [0.05, 0.1) is 12.0 Å². The van der Waals surface area contributed by atoms with Crippen molar-refractivity contribution in [2.24, 2.45) is 5.41 Å². The van der Waals surface area contributed by atoms with Crippen LogP contribution in [-0.4, -0.2) is 42.8 Å². The largest absolute Gasteiger partial charge is 0.481 e. The molecular weight excluding hydrogens is 228 g/mol. The molecule has 0 saturated heterocycles. The Kier molecular flexibility index (Phi) is 4.30. The molecule has 0 spiro atoms. The Hall–Kier alpha value is -1.79. The molecule has 1 saturated carbocycles. The summed E-state index contributed by atoms with van der Waals surface area (Å²) in [7, 11) is 0. The van der Waals surface area contributed by atoms with Gasteiger partial charge in [-0.05, 0) is 19.8 Å². The molecular formula is C10H16N2O5. The highest BCUT2D eigenvalue weighted by Crippen LogP contribution is 2.45. The van der Waals surface area contributed by atoms with Crippen LogP contribution in [0.1, 0.15) is 19.8 Å². The lowest BCUT2D eigenvalue weighted by atomic mass is 10.1. The van der Waals surface area contributed by atoms with E-state index in [4.69, 9.17) is 5.11 Å². The van der Waals surface area contributed by atoms with Gasteiger partial charge >= 0.3 is 18.0 Å². The molecule has 1 fully saturated rings. The first-order valence-electron chi connectivity index (χ1n) is 5.41. The van der Waals surface area contributed by atoms with Crippen molar-refractivity contribution in [1.29, 1.82) is 0 Å². The average molecular weight is 244 g/mol. The van der Waals surface area contributed by atoms with Crippen LogP contribution in [0.25, 0.3) is 0 Å². The number of carboxylic acid groups (broad SMARTS) is 1. The van der Waals surface area contributed by atoms with Crippen LogP contribution in [0, 0.1) is 5.41 Å². The van der Waals surface area contributed by atoms with E-state index < -0.39 is 23.4 Å². The van der Waals surface area contributed by atoms with Crippen LogP contribution in [0.2, 0.25) is 0 Å². The van der Waals surface area contributed by atoms with Crippen LogP contribution >= 0.6 is 0 Å². The van der Waals surface area contributed by atoms with Gasteiger partial charge in [0.15, 0.2) is 0 Å². The van der Waals surface area contributed by atoms with E-state index in [1.807, 2.05) is 0 Å². The summed E-state index contributed by atoms with van der Waals surface area (Å²) in [4.78, 5) is 32.9. The van der Waals surface area contributed by atoms with Gasteiger partial charge in [-0.1, -0.05) is 0 Å². The lowest BCUT2D eigenvalue weighted by Crippen LogP contribution is -2.42. The number of amides is 2. The first-order chi connectivity index (χ1) is 8.00. The molecule has 7 nitrogen and oxygen atoms in total. The number of hydrogen-bond donors (Lipinski definition) is 3. The van der Waals surface area contributed by atoms with Gasteiger partial charge in [0.2, 0.25) is 0 Å². The van der Waals surface area contributed by atoms with E-state index >= 15 is 0 Å². The van der Waals surface area contributed by atoms with Gasteiger partial charge in [0.25, 0.3) is 0 Å². The molecule has 0 aromatic carbocycles. The van der Waals surface area contributed by atoms with Crippen LogP contribution in [-0.2, 0) is 14.3 Å². The molecule has 3 N–H and O–H groups in total. The van der Waals surface area contributed by atoms with Gasteiger partial charge in [-0.15, -0.1) is 0 Å². The van der Waals surface area contributed by atoms with Gasteiger partial charge in [-0.2, -0.15) is 0 Å². The number of urea groups is 1. The molecule has 1 aliphatic rings. The molecule has 0 bridgehead atoms. The Labute approximate surface area is 98.5 Å². The number of hydrogen-bond acceptors (Lipinski definition) is 4. The highest BCUT2D eigenvalue weighted by atomic mass is 16.5. The number of carboxylic acids is 1. The van der Waals surface area contributed by atoms with Crippen molar-refractivity contribution in [1.82, 2.24) is 10.6 Å². The Morgan fingerprint density at radius 2 is 1.94 bits per heavy atom. The van der Waals surface area contributed by atoms with E-state index in [0.717, 1.165) is 0 Å². The first-order valence-corrected chi connectivity index (χ1v) is 5.41. The third kappa shape index (κ3) is 3.93. The summed E-state index contributed by atoms with van der Waals surface area (Å²) in [6, 6.07) is -0.564. The Morgan fingerprint density at radius 1 is 1.29 bits per heavy atom. The van der Waals surface area contributed by atoms with E-state index in [-0.39, 0.29) is 19.7 Å². The Bertz CT molecular complexity index is 325. The quantitative estimate of drug-likeness (QED) is 0.557. The second-order valence-electron chi connectivity index (χ2n) is 3.93. The lowest BCUT2D eigenvalue weighted by Gasteiger charge is -2.11. The molecule has 0 aliphatic heterocycles. The predicted molar refractivity (Wildman–Crippen MR) is 57.3 cm³/mol. The van der Waals surface area contributed by atoms with Gasteiger partial charge in [0.1, 0.15) is 6.54 Å². The minimum absolute atomic E-state index is 0.0803. The maximum atomic E-state index is 11.2. The van der Waals surface area contributed by atoms with E-state index in [9.17, 15) is 14.4 Å². The molecule has 96 valence electrons. The molecule has 0 aromatic rings. The number of carbonyl (C=O) groups excluding carboxylic acids is 2. The van der Waals surface area contributed by atoms with Crippen molar-refractivity contribution in [2.75, 3.05) is 19.7 Å². The zero-order valence-electron chi connectivity index (χ0n) is 9.62. The SMILES string of the molecule is CCOC(=O)CNC(=O)NCC1(C(=O)O)CC1. The predicted octanol–water partition coefficient (Wildman–Crippen LogP) is -0.286. The standard InChI is InChI=1S/C10H16N2O5/c1-2-17-7(13)5-11-9(16)12-6-10(3-4-10)8(14)15/h2-6H2,1H3,(H,14,15)(H2,11,12,16). The van der Waals surface area contributed by atoms with E-state index in [0.29, 0.717) is 12.8 Å². The monoisotopic (exact) mass is 244 g/mol. The van der Waals surface area contributed by atoms with Crippen LogP contribution in [0.15, 0.2) is 0 Å². The summed E-state index contributed by atoms with van der Waals surface area (Å²) in [5, 5.41) is 13.6. The minimum atomic E-state index is -0.900. The maximum absolute atomic E-state index is 11.2. The molecule has 2 amide bonds. The van der Waals surface area contributed by atoms with Crippen LogP contribution in [0.3, 0.4) is 0 Å². The number of nitrogens with one attached hydrogen (secondary N) is 2. The van der Waals surface area contributed by atoms with E-state index in [2.05, 4.69) is 15.4 Å². The van der Waals surface area contributed by atoms with Crippen molar-refractivity contribution in [3.63, 3.8) is 0 Å². The van der Waals surface area contributed by atoms with Crippen LogP contribution in [0.4, 0.5) is 4.79 Å². The molecule has 1 aliphatic carbocycles. The highest BCUT2D eigenvalue weighted by molar-refractivity contribution is 5.82. The van der Waals surface area contributed by atoms with E-state index in [1.54, 1.807) is 6.92 Å². The number of esters is 1. The Balaban J connectivity index is 2.18. The zero-order chi connectivity index (χ0) is 12.9. The maximum Gasteiger partial charge on any atom is 0.325 e. The molecule has 0 radical (unpaired) electrons. The molecule has 0 aromatic heterocycles. The number of rotatable bonds is 6. The number of ether oxygens (including phenoxy) is 1. The van der Waals surface area contributed by atoms with Gasteiger partial charge in [0, 0.05) is 6.54 Å². The second kappa shape index (κ2) is 5.51. The molecule has 7 heteroatoms. The fourth-order valence-corrected chi connectivity index (χ4v) is 1.29. The fraction of sp³-hybridized carbons (Fsp3) is 0.700. The summed E-state index contributed by atoms with van der Waals surface area (Å²) >= 11 is 0. The average Bonchev–Trinajstić information content (AvgIpc) is 3.05. The van der Waals surface area contributed by atoms with Crippen LogP contribution < -0.4 is 10.6 Å². The molecule has 0 unspecified atom stereocenters. The van der Waals surface area contributed by atoms with Crippen molar-refractivity contribution in [3.8, 4) is 0 Å². The second-order valence-corrected chi connectivity index (χ2v) is 3.93. The smallest absolute Gasteiger partial charge is 0.325 e. The van der Waals surface area contributed by atoms with Crippen molar-refractivity contribution < 1.29 is 24.2 Å². The van der Waals surface area contributed by atoms with Crippen molar-refractivity contribution in [2.45, 2.75) is 19.8 Å². The molecule has 0 atom stereocenters. The summed E-state index contributed by atoms with van der Waals surface area (Å²) in [5.74, 6) is -1.43. The summed E-state index contributed by atoms with van der Waals surface area (Å²) in [6.45, 7) is 1.78. The topological polar surface area (TPSA) is 105 Å². The lowest BCUT2D eigenvalue weighted by molar-refractivity contribution is -0.143. The summed E-state index contributed by atoms with van der Waals surface area (Å²) < 4.78 is 4.61. The van der Waals surface area contributed by atoms with Gasteiger partial charge in [-0.3, -0.25) is 9.59 Å². The molecule has 1 rings (SSSR count). The fourth-order valence-electron chi connectivity index (χ4n) is 1.29. The minimum Gasteiger partial charge on any atom is -0.481 e. The highest BCUT2D eigenvalue weighted by Gasteiger charge is 2.50. The normalized spacial score (nSPS) is 15.8.